The van der Waals surface area contributed by atoms with Crippen LogP contribution < -0.4 is 4.84 Å². The summed E-state index contributed by atoms with van der Waals surface area (Å²) in [6.07, 6.45) is 0.446. The van der Waals surface area contributed by atoms with Crippen molar-refractivity contribution >= 4 is 28.2 Å². The van der Waals surface area contributed by atoms with Crippen molar-refractivity contribution < 1.29 is 22.8 Å². The van der Waals surface area contributed by atoms with Gasteiger partial charge < -0.3 is 9.40 Å². The first-order valence-electron chi connectivity index (χ1n) is 9.91. The second-order valence-corrected chi connectivity index (χ2v) is 8.40. The van der Waals surface area contributed by atoms with Gasteiger partial charge in [-0.1, -0.05) is 30.3 Å². The highest BCUT2D eigenvalue weighted by Gasteiger charge is 2.36. The molecule has 3 aromatic heterocycles. The van der Waals surface area contributed by atoms with Crippen LogP contribution in [0.5, 0.6) is 0 Å². The molecule has 0 fully saturated rings. The Labute approximate surface area is 190 Å². The number of halogens is 3. The fourth-order valence-corrected chi connectivity index (χ4v) is 4.64. The van der Waals surface area contributed by atoms with Gasteiger partial charge in [0.15, 0.2) is 0 Å². The molecule has 0 aliphatic carbocycles. The number of hydrogen-bond acceptors (Lipinski definition) is 4. The van der Waals surface area contributed by atoms with E-state index in [-0.39, 0.29) is 5.56 Å². The minimum Gasteiger partial charge on any atom is -0.337 e. The van der Waals surface area contributed by atoms with E-state index in [9.17, 15) is 18.0 Å². The average Bonchev–Trinajstić information content (AvgIpc) is 3.51. The summed E-state index contributed by atoms with van der Waals surface area (Å²) in [5.41, 5.74) is 2.60. The van der Waals surface area contributed by atoms with Crippen LogP contribution in [0.4, 0.5) is 13.2 Å². The molecule has 166 valence electrons. The molecule has 0 atom stereocenters. The van der Waals surface area contributed by atoms with E-state index in [4.69, 9.17) is 4.84 Å². The monoisotopic (exact) mass is 467 g/mol. The molecule has 5 nitrogen and oxygen atoms in total. The minimum atomic E-state index is -4.46. The number of thiophene rings is 1. The summed E-state index contributed by atoms with van der Waals surface area (Å²) in [6.45, 7) is 1.32. The molecule has 0 N–H and O–H groups in total. The number of fused-ring (bicyclic) bond motifs is 1. The molecule has 5 aromatic rings. The van der Waals surface area contributed by atoms with Crippen LogP contribution in [0.15, 0.2) is 79.4 Å². The van der Waals surface area contributed by atoms with Crippen molar-refractivity contribution in [2.45, 2.75) is 13.1 Å². The highest BCUT2D eigenvalue weighted by Crippen LogP contribution is 2.45. The molecule has 0 amide bonds. The minimum absolute atomic E-state index is 0.144. The Hall–Kier alpha value is -3.85. The zero-order chi connectivity index (χ0) is 23.2. The summed E-state index contributed by atoms with van der Waals surface area (Å²) in [5.74, 6) is -0.431. The normalized spacial score (nSPS) is 11.8. The van der Waals surface area contributed by atoms with Crippen LogP contribution in [0, 0.1) is 0 Å². The van der Waals surface area contributed by atoms with Crippen molar-refractivity contribution in [1.29, 1.82) is 0 Å². The first-order chi connectivity index (χ1) is 15.8. The molecular formula is C24H16F3N3O2S. The van der Waals surface area contributed by atoms with Crippen molar-refractivity contribution in [1.82, 2.24) is 14.3 Å². The first-order valence-corrected chi connectivity index (χ1v) is 10.7. The van der Waals surface area contributed by atoms with E-state index in [0.29, 0.717) is 27.5 Å². The predicted molar refractivity (Wildman–Crippen MR) is 120 cm³/mol. The van der Waals surface area contributed by atoms with E-state index in [0.717, 1.165) is 16.6 Å². The molecule has 0 radical (unpaired) electrons. The number of aromatic nitrogens is 3. The van der Waals surface area contributed by atoms with E-state index in [1.165, 1.54) is 17.7 Å². The molecule has 2 aromatic carbocycles. The van der Waals surface area contributed by atoms with E-state index in [2.05, 4.69) is 4.98 Å². The van der Waals surface area contributed by atoms with Gasteiger partial charge in [0.2, 0.25) is 0 Å². The summed E-state index contributed by atoms with van der Waals surface area (Å²) >= 11 is 0.682. The smallest absolute Gasteiger partial charge is 0.337 e. The van der Waals surface area contributed by atoms with E-state index in [1.807, 2.05) is 12.1 Å². The number of imidazole rings is 1. The highest BCUT2D eigenvalue weighted by atomic mass is 32.1. The molecular weight excluding hydrogens is 451 g/mol. The number of nitrogens with zero attached hydrogens (tertiary/aromatic N) is 3. The van der Waals surface area contributed by atoms with Crippen LogP contribution in [0.2, 0.25) is 0 Å². The molecule has 3 heterocycles. The maximum atomic E-state index is 13.7. The zero-order valence-corrected chi connectivity index (χ0v) is 18.0. The van der Waals surface area contributed by atoms with Gasteiger partial charge in [-0.2, -0.15) is 17.9 Å². The van der Waals surface area contributed by atoms with Gasteiger partial charge in [0.1, 0.15) is 4.88 Å². The lowest BCUT2D eigenvalue weighted by Gasteiger charge is -2.07. The SMILES string of the molecule is CC(=O)On1ccc2cc(-n3cnc(-c4cc(-c5ccccc5)c(C(F)(F)F)s4)c3)ccc21. The second-order valence-electron chi connectivity index (χ2n) is 7.35. The second kappa shape index (κ2) is 7.93. The van der Waals surface area contributed by atoms with Crippen LogP contribution in [-0.4, -0.2) is 20.3 Å². The fraction of sp³-hybridized carbons (Fsp3) is 0.0833. The molecule has 0 bridgehead atoms. The van der Waals surface area contributed by atoms with E-state index >= 15 is 0 Å². The molecule has 0 aliphatic heterocycles. The van der Waals surface area contributed by atoms with Crippen LogP contribution in [0.3, 0.4) is 0 Å². The Kier molecular flexibility index (Phi) is 5.05. The van der Waals surface area contributed by atoms with Gasteiger partial charge in [0, 0.05) is 36.0 Å². The molecule has 33 heavy (non-hydrogen) atoms. The third-order valence-corrected chi connectivity index (χ3v) is 6.27. The summed E-state index contributed by atoms with van der Waals surface area (Å²) in [5, 5.41) is 0.839. The van der Waals surface area contributed by atoms with E-state index in [1.54, 1.807) is 65.8 Å². The lowest BCUT2D eigenvalue weighted by atomic mass is 10.1. The van der Waals surface area contributed by atoms with Crippen LogP contribution >= 0.6 is 11.3 Å². The van der Waals surface area contributed by atoms with Gasteiger partial charge >= 0.3 is 12.1 Å². The number of rotatable bonds is 4. The van der Waals surface area contributed by atoms with Crippen molar-refractivity contribution in [3.05, 3.63) is 84.3 Å². The van der Waals surface area contributed by atoms with Crippen molar-refractivity contribution in [2.24, 2.45) is 0 Å². The number of alkyl halides is 3. The predicted octanol–water partition coefficient (Wildman–Crippen LogP) is 6.22. The van der Waals surface area contributed by atoms with Crippen molar-refractivity contribution in [2.75, 3.05) is 0 Å². The molecule has 5 rings (SSSR count). The molecule has 0 saturated heterocycles. The summed E-state index contributed by atoms with van der Waals surface area (Å²) in [6, 6.07) is 17.4. The van der Waals surface area contributed by atoms with Gasteiger partial charge in [0.25, 0.3) is 0 Å². The number of carbonyl (C=O) groups excluding carboxylic acids is 1. The topological polar surface area (TPSA) is 49.0 Å². The van der Waals surface area contributed by atoms with Gasteiger partial charge in [-0.3, -0.25) is 0 Å². The molecule has 0 spiro atoms. The van der Waals surface area contributed by atoms with Crippen LogP contribution in [0.1, 0.15) is 11.8 Å². The zero-order valence-electron chi connectivity index (χ0n) is 17.2. The third kappa shape index (κ3) is 4.03. The first kappa shape index (κ1) is 21.0. The highest BCUT2D eigenvalue weighted by molar-refractivity contribution is 7.16. The van der Waals surface area contributed by atoms with Gasteiger partial charge in [-0.05, 0) is 35.9 Å². The van der Waals surface area contributed by atoms with Crippen LogP contribution in [0.25, 0.3) is 38.3 Å². The standard InChI is InChI=1S/C24H16F3N3O2S/c1-15(31)32-30-10-9-17-11-18(7-8-21(17)30)29-13-20(28-14-29)22-12-19(16-5-3-2-4-6-16)23(33-22)24(25,26)27/h2-14H,1H3. The number of benzene rings is 2. The van der Waals surface area contributed by atoms with Crippen LogP contribution in [-0.2, 0) is 11.0 Å². The lowest BCUT2D eigenvalue weighted by molar-refractivity contribution is -0.141. The van der Waals surface area contributed by atoms with Gasteiger partial charge in [-0.15, -0.1) is 11.3 Å². The molecule has 0 unspecified atom stereocenters. The van der Waals surface area contributed by atoms with Gasteiger partial charge in [-0.25, -0.2) is 9.78 Å². The quantitative estimate of drug-likeness (QED) is 0.315. The largest absolute Gasteiger partial charge is 0.426 e. The molecule has 0 aliphatic rings. The third-order valence-electron chi connectivity index (χ3n) is 5.07. The Morgan fingerprint density at radius 1 is 1.06 bits per heavy atom. The van der Waals surface area contributed by atoms with Crippen molar-refractivity contribution in [3.63, 3.8) is 0 Å². The molecule has 9 heteroatoms. The van der Waals surface area contributed by atoms with Crippen molar-refractivity contribution in [3.8, 4) is 27.4 Å². The lowest BCUT2D eigenvalue weighted by Crippen LogP contribution is -2.14. The van der Waals surface area contributed by atoms with Gasteiger partial charge in [0.05, 0.1) is 22.4 Å². The Morgan fingerprint density at radius 2 is 1.85 bits per heavy atom. The van der Waals surface area contributed by atoms with E-state index < -0.39 is 17.0 Å². The summed E-state index contributed by atoms with van der Waals surface area (Å²) < 4.78 is 44.3. The summed E-state index contributed by atoms with van der Waals surface area (Å²) in [7, 11) is 0. The Morgan fingerprint density at radius 3 is 2.58 bits per heavy atom. The Balaban J connectivity index is 1.51. The maximum absolute atomic E-state index is 13.7. The fourth-order valence-electron chi connectivity index (χ4n) is 3.63. The Bertz CT molecular complexity index is 1470. The average molecular weight is 467 g/mol. The summed E-state index contributed by atoms with van der Waals surface area (Å²) in [4.78, 5) is 20.5. The number of hydrogen-bond donors (Lipinski definition) is 0. The molecule has 0 saturated carbocycles. The maximum Gasteiger partial charge on any atom is 0.426 e. The number of carbonyl (C=O) groups is 1.